The Morgan fingerprint density at radius 3 is 2.18 bits per heavy atom. The van der Waals surface area contributed by atoms with Crippen molar-refractivity contribution in [3.8, 4) is 0 Å². The van der Waals surface area contributed by atoms with E-state index < -0.39 is 17.3 Å². The van der Waals surface area contributed by atoms with Crippen molar-refractivity contribution in [1.29, 1.82) is 0 Å². The van der Waals surface area contributed by atoms with E-state index in [1.807, 2.05) is 0 Å². The summed E-state index contributed by atoms with van der Waals surface area (Å²) >= 11 is 0. The van der Waals surface area contributed by atoms with Gasteiger partial charge in [0.15, 0.2) is 0 Å². The minimum Gasteiger partial charge on any atom is -0.350 e. The topological polar surface area (TPSA) is 55.1 Å². The third-order valence-corrected chi connectivity index (χ3v) is 3.93. The zero-order chi connectivity index (χ0) is 15.5. The summed E-state index contributed by atoms with van der Waals surface area (Å²) < 4.78 is 37.3. The number of rotatable bonds is 3. The molecule has 0 atom stereocenters. The van der Waals surface area contributed by atoms with Gasteiger partial charge in [-0.05, 0) is 30.5 Å². The van der Waals surface area contributed by atoms with E-state index in [2.05, 4.69) is 5.32 Å². The van der Waals surface area contributed by atoms with Gasteiger partial charge in [-0.2, -0.15) is 13.2 Å². The lowest BCUT2D eigenvalue weighted by Crippen LogP contribution is -2.54. The minimum atomic E-state index is -4.34. The molecule has 0 heterocycles. The van der Waals surface area contributed by atoms with Gasteiger partial charge in [0.05, 0.1) is 11.1 Å². The number of halogens is 4. The van der Waals surface area contributed by atoms with Crippen LogP contribution in [-0.2, 0) is 17.5 Å². The fraction of sp³-hybridized carbons (Fsp3) is 0.533. The molecule has 22 heavy (non-hydrogen) atoms. The van der Waals surface area contributed by atoms with Crippen molar-refractivity contribution in [2.45, 2.75) is 50.4 Å². The van der Waals surface area contributed by atoms with Gasteiger partial charge in [0.2, 0.25) is 5.91 Å². The Bertz CT molecular complexity index is 497. The number of carbonyl (C=O) groups excluding carboxylic acids is 1. The molecule has 124 valence electrons. The molecule has 0 saturated heterocycles. The van der Waals surface area contributed by atoms with Gasteiger partial charge in [0.25, 0.3) is 0 Å². The van der Waals surface area contributed by atoms with Crippen LogP contribution in [0.15, 0.2) is 24.3 Å². The summed E-state index contributed by atoms with van der Waals surface area (Å²) in [6.45, 7) is 0.190. The zero-order valence-electron chi connectivity index (χ0n) is 12.1. The first-order valence-corrected chi connectivity index (χ1v) is 7.05. The van der Waals surface area contributed by atoms with E-state index in [1.54, 1.807) is 0 Å². The minimum absolute atomic E-state index is 0. The van der Waals surface area contributed by atoms with Crippen LogP contribution in [0.1, 0.15) is 43.2 Å². The van der Waals surface area contributed by atoms with E-state index in [0.717, 1.165) is 31.4 Å². The molecule has 7 heteroatoms. The van der Waals surface area contributed by atoms with Gasteiger partial charge in [0.1, 0.15) is 0 Å². The van der Waals surface area contributed by atoms with Crippen molar-refractivity contribution in [2.75, 3.05) is 0 Å². The van der Waals surface area contributed by atoms with E-state index >= 15 is 0 Å². The summed E-state index contributed by atoms with van der Waals surface area (Å²) in [5.74, 6) is -0.220. The molecular formula is C15H20ClF3N2O. The van der Waals surface area contributed by atoms with E-state index in [9.17, 15) is 18.0 Å². The number of nitrogens with two attached hydrogens (primary N) is 1. The van der Waals surface area contributed by atoms with Gasteiger partial charge >= 0.3 is 6.18 Å². The van der Waals surface area contributed by atoms with E-state index in [-0.39, 0.29) is 24.9 Å². The standard InChI is InChI=1S/C15H19F3N2O.ClH/c16-15(17,18)12-6-4-11(5-7-12)10-20-13(21)14(19)8-2-1-3-9-14;/h4-7H,1-3,8-10,19H2,(H,20,21);1H. The van der Waals surface area contributed by atoms with Crippen molar-refractivity contribution in [3.63, 3.8) is 0 Å². The van der Waals surface area contributed by atoms with Crippen LogP contribution in [-0.4, -0.2) is 11.4 Å². The van der Waals surface area contributed by atoms with E-state index in [0.29, 0.717) is 18.4 Å². The number of nitrogens with one attached hydrogen (secondary N) is 1. The van der Waals surface area contributed by atoms with Crippen molar-refractivity contribution in [1.82, 2.24) is 5.32 Å². The molecule has 2 rings (SSSR count). The van der Waals surface area contributed by atoms with Crippen molar-refractivity contribution in [2.24, 2.45) is 5.73 Å². The van der Waals surface area contributed by atoms with Crippen LogP contribution >= 0.6 is 12.4 Å². The average molecular weight is 337 g/mol. The summed E-state index contributed by atoms with van der Waals surface area (Å²) in [7, 11) is 0. The van der Waals surface area contributed by atoms with Crippen LogP contribution in [0.4, 0.5) is 13.2 Å². The summed E-state index contributed by atoms with van der Waals surface area (Å²) in [4.78, 5) is 12.1. The average Bonchev–Trinajstić information content (AvgIpc) is 2.45. The molecule has 0 aromatic heterocycles. The molecule has 1 fully saturated rings. The largest absolute Gasteiger partial charge is 0.416 e. The Labute approximate surface area is 133 Å². The summed E-state index contributed by atoms with van der Waals surface area (Å²) in [5.41, 5.74) is 5.18. The number of carbonyl (C=O) groups is 1. The maximum atomic E-state index is 12.4. The number of benzene rings is 1. The number of amides is 1. The van der Waals surface area contributed by atoms with E-state index in [4.69, 9.17) is 5.73 Å². The molecule has 0 spiro atoms. The van der Waals surface area contributed by atoms with Crippen LogP contribution in [0, 0.1) is 0 Å². The SMILES string of the molecule is Cl.NC1(C(=O)NCc2ccc(C(F)(F)F)cc2)CCCCC1. The lowest BCUT2D eigenvalue weighted by atomic mass is 9.82. The van der Waals surface area contributed by atoms with Gasteiger partial charge in [-0.3, -0.25) is 4.79 Å². The molecule has 0 unspecified atom stereocenters. The first-order valence-electron chi connectivity index (χ1n) is 7.05. The first kappa shape index (κ1) is 18.8. The molecule has 1 amide bonds. The fourth-order valence-electron chi connectivity index (χ4n) is 2.58. The molecular weight excluding hydrogens is 317 g/mol. The number of hydrogen-bond acceptors (Lipinski definition) is 2. The lowest BCUT2D eigenvalue weighted by molar-refractivity contribution is -0.137. The van der Waals surface area contributed by atoms with Gasteiger partial charge in [-0.15, -0.1) is 12.4 Å². The fourth-order valence-corrected chi connectivity index (χ4v) is 2.58. The number of hydrogen-bond donors (Lipinski definition) is 2. The van der Waals surface area contributed by atoms with Gasteiger partial charge < -0.3 is 11.1 Å². The Hall–Kier alpha value is -1.27. The smallest absolute Gasteiger partial charge is 0.350 e. The highest BCUT2D eigenvalue weighted by molar-refractivity contribution is 5.86. The second-order valence-electron chi connectivity index (χ2n) is 5.59. The maximum absolute atomic E-state index is 12.4. The highest BCUT2D eigenvalue weighted by Crippen LogP contribution is 2.29. The summed E-state index contributed by atoms with van der Waals surface area (Å²) in [6, 6.07) is 4.76. The lowest BCUT2D eigenvalue weighted by Gasteiger charge is -2.31. The Balaban J connectivity index is 0.00000242. The predicted octanol–water partition coefficient (Wildman–Crippen LogP) is 3.41. The van der Waals surface area contributed by atoms with E-state index in [1.165, 1.54) is 12.1 Å². The molecule has 0 radical (unpaired) electrons. The van der Waals surface area contributed by atoms with Crippen molar-refractivity contribution < 1.29 is 18.0 Å². The van der Waals surface area contributed by atoms with Crippen LogP contribution in [0.3, 0.4) is 0 Å². The van der Waals surface area contributed by atoms with Crippen molar-refractivity contribution >= 4 is 18.3 Å². The third-order valence-electron chi connectivity index (χ3n) is 3.93. The molecule has 1 aromatic carbocycles. The van der Waals surface area contributed by atoms with Crippen LogP contribution < -0.4 is 11.1 Å². The van der Waals surface area contributed by atoms with Gasteiger partial charge in [0, 0.05) is 6.54 Å². The quantitative estimate of drug-likeness (QED) is 0.888. The van der Waals surface area contributed by atoms with Gasteiger partial charge in [-0.25, -0.2) is 0 Å². The second-order valence-corrected chi connectivity index (χ2v) is 5.59. The predicted molar refractivity (Wildman–Crippen MR) is 80.5 cm³/mol. The van der Waals surface area contributed by atoms with Gasteiger partial charge in [-0.1, -0.05) is 31.4 Å². The highest BCUT2D eigenvalue weighted by Gasteiger charge is 2.35. The first-order chi connectivity index (χ1) is 9.81. The molecule has 0 bridgehead atoms. The third kappa shape index (κ3) is 4.61. The summed E-state index contributed by atoms with van der Waals surface area (Å²) in [5, 5.41) is 2.72. The second kappa shape index (κ2) is 7.33. The molecule has 3 N–H and O–H groups in total. The van der Waals surface area contributed by atoms with Crippen molar-refractivity contribution in [3.05, 3.63) is 35.4 Å². The van der Waals surface area contributed by atoms with Crippen LogP contribution in [0.5, 0.6) is 0 Å². The number of alkyl halides is 3. The van der Waals surface area contributed by atoms with Crippen LogP contribution in [0.2, 0.25) is 0 Å². The maximum Gasteiger partial charge on any atom is 0.416 e. The molecule has 3 nitrogen and oxygen atoms in total. The van der Waals surface area contributed by atoms with Crippen LogP contribution in [0.25, 0.3) is 0 Å². The molecule has 0 aliphatic heterocycles. The Kier molecular flexibility index (Phi) is 6.26. The normalized spacial score (nSPS) is 17.5. The highest BCUT2D eigenvalue weighted by atomic mass is 35.5. The summed E-state index contributed by atoms with van der Waals surface area (Å²) in [6.07, 6.45) is -0.0670. The molecule has 1 aliphatic carbocycles. The Morgan fingerprint density at radius 2 is 1.68 bits per heavy atom. The molecule has 1 saturated carbocycles. The Morgan fingerprint density at radius 1 is 1.14 bits per heavy atom. The monoisotopic (exact) mass is 336 g/mol. The molecule has 1 aliphatic rings. The molecule has 1 aromatic rings. The zero-order valence-corrected chi connectivity index (χ0v) is 12.9.